The van der Waals surface area contributed by atoms with E-state index in [9.17, 15) is 0 Å². The van der Waals surface area contributed by atoms with Crippen molar-refractivity contribution in [2.24, 2.45) is 5.41 Å². The first-order valence-electron chi connectivity index (χ1n) is 7.17. The topological polar surface area (TPSA) is 9.23 Å². The zero-order valence-electron chi connectivity index (χ0n) is 11.4. The molecule has 1 saturated carbocycles. The molecule has 0 spiro atoms. The fraction of sp³-hybridized carbons (Fsp3) is 0.625. The Bertz CT molecular complexity index is 369. The second-order valence-corrected chi connectivity index (χ2v) is 6.92. The molecule has 0 bridgehead atoms. The molecule has 0 saturated heterocycles. The van der Waals surface area contributed by atoms with Gasteiger partial charge in [-0.15, -0.1) is 0 Å². The van der Waals surface area contributed by atoms with Gasteiger partial charge in [0.25, 0.3) is 0 Å². The minimum atomic E-state index is 0.314. The molecular formula is C16H23BrOS. The Labute approximate surface area is 130 Å². The molecule has 1 aromatic carbocycles. The van der Waals surface area contributed by atoms with Gasteiger partial charge in [0.2, 0.25) is 0 Å². The van der Waals surface area contributed by atoms with E-state index in [1.54, 1.807) is 0 Å². The number of halogens is 1. The molecule has 19 heavy (non-hydrogen) atoms. The summed E-state index contributed by atoms with van der Waals surface area (Å²) in [5, 5.41) is 0. The van der Waals surface area contributed by atoms with Gasteiger partial charge in [0.1, 0.15) is 0 Å². The smallest absolute Gasteiger partial charge is 0.0717 e. The first-order valence-corrected chi connectivity index (χ1v) is 8.60. The maximum absolute atomic E-state index is 5.98. The third kappa shape index (κ3) is 4.80. The van der Waals surface area contributed by atoms with Gasteiger partial charge in [-0.3, -0.25) is 0 Å². The lowest BCUT2D eigenvalue weighted by atomic mass is 9.83. The summed E-state index contributed by atoms with van der Waals surface area (Å²) >= 11 is 8.04. The molecule has 0 N–H and O–H groups in total. The molecule has 0 heterocycles. The summed E-state index contributed by atoms with van der Waals surface area (Å²) in [7, 11) is 0. The van der Waals surface area contributed by atoms with Gasteiger partial charge >= 0.3 is 0 Å². The minimum absolute atomic E-state index is 0.314. The number of ether oxygens (including phenoxy) is 1. The van der Waals surface area contributed by atoms with Crippen LogP contribution in [0.25, 0.3) is 0 Å². The third-order valence-electron chi connectivity index (χ3n) is 4.09. The number of hydrogen-bond donors (Lipinski definition) is 1. The number of rotatable bonds is 5. The highest BCUT2D eigenvalue weighted by Crippen LogP contribution is 2.36. The van der Waals surface area contributed by atoms with E-state index >= 15 is 0 Å². The van der Waals surface area contributed by atoms with Gasteiger partial charge in [0.15, 0.2) is 0 Å². The highest BCUT2D eigenvalue weighted by Gasteiger charge is 2.29. The Kier molecular flexibility index (Phi) is 6.24. The normalized spacial score (nSPS) is 19.1. The summed E-state index contributed by atoms with van der Waals surface area (Å²) in [6, 6.07) is 8.37. The number of hydrogen-bond acceptors (Lipinski definition) is 2. The van der Waals surface area contributed by atoms with Crippen LogP contribution in [-0.2, 0) is 11.3 Å². The first kappa shape index (κ1) is 15.4. The monoisotopic (exact) mass is 342 g/mol. The molecule has 0 atom stereocenters. The van der Waals surface area contributed by atoms with E-state index in [2.05, 4.69) is 52.8 Å². The van der Waals surface area contributed by atoms with E-state index in [1.165, 1.54) is 44.1 Å². The summed E-state index contributed by atoms with van der Waals surface area (Å²) in [4.78, 5) is 0. The molecule has 1 aliphatic rings. The van der Waals surface area contributed by atoms with Gasteiger partial charge in [0, 0.05) is 9.89 Å². The summed E-state index contributed by atoms with van der Waals surface area (Å²) < 4.78 is 7.10. The molecule has 0 amide bonds. The zero-order valence-corrected chi connectivity index (χ0v) is 13.9. The predicted molar refractivity (Wildman–Crippen MR) is 87.8 cm³/mol. The van der Waals surface area contributed by atoms with Crippen LogP contribution in [0.4, 0.5) is 0 Å². The van der Waals surface area contributed by atoms with Gasteiger partial charge in [-0.05, 0) is 36.3 Å². The lowest BCUT2D eigenvalue weighted by Gasteiger charge is -2.30. The quantitative estimate of drug-likeness (QED) is 0.568. The second-order valence-electron chi connectivity index (χ2n) is 5.69. The van der Waals surface area contributed by atoms with Crippen molar-refractivity contribution in [1.29, 1.82) is 0 Å². The standard InChI is InChI=1S/C16H23BrOS/c17-15-7-5-14(6-8-15)11-18-12-16(13-19)9-3-1-2-4-10-16/h5-8,19H,1-4,9-13H2. The van der Waals surface area contributed by atoms with Gasteiger partial charge < -0.3 is 4.74 Å². The van der Waals surface area contributed by atoms with Crippen molar-refractivity contribution in [3.05, 3.63) is 34.3 Å². The molecule has 1 aliphatic carbocycles. The molecule has 1 fully saturated rings. The van der Waals surface area contributed by atoms with Crippen molar-refractivity contribution in [1.82, 2.24) is 0 Å². The molecule has 0 aromatic heterocycles. The van der Waals surface area contributed by atoms with Crippen LogP contribution in [0.1, 0.15) is 44.1 Å². The fourth-order valence-electron chi connectivity index (χ4n) is 2.79. The van der Waals surface area contributed by atoms with Crippen LogP contribution in [0, 0.1) is 5.41 Å². The average molecular weight is 343 g/mol. The maximum atomic E-state index is 5.98. The van der Waals surface area contributed by atoms with Crippen molar-refractivity contribution in [2.75, 3.05) is 12.4 Å². The summed E-state index contributed by atoms with van der Waals surface area (Å²) in [5.41, 5.74) is 1.56. The van der Waals surface area contributed by atoms with Crippen molar-refractivity contribution in [2.45, 2.75) is 45.1 Å². The highest BCUT2D eigenvalue weighted by molar-refractivity contribution is 9.10. The molecule has 0 aliphatic heterocycles. The van der Waals surface area contributed by atoms with Crippen molar-refractivity contribution in [3.63, 3.8) is 0 Å². The van der Waals surface area contributed by atoms with Crippen LogP contribution >= 0.6 is 28.6 Å². The van der Waals surface area contributed by atoms with Gasteiger partial charge in [-0.1, -0.05) is 53.7 Å². The van der Waals surface area contributed by atoms with E-state index in [0.29, 0.717) is 12.0 Å². The number of benzene rings is 1. The van der Waals surface area contributed by atoms with E-state index in [-0.39, 0.29) is 0 Å². The Balaban J connectivity index is 1.83. The number of thiol groups is 1. The molecule has 106 valence electrons. The molecular weight excluding hydrogens is 320 g/mol. The van der Waals surface area contributed by atoms with Gasteiger partial charge in [-0.25, -0.2) is 0 Å². The molecule has 0 radical (unpaired) electrons. The van der Waals surface area contributed by atoms with Crippen molar-refractivity contribution >= 4 is 28.6 Å². The second kappa shape index (κ2) is 7.70. The largest absolute Gasteiger partial charge is 0.376 e. The lowest BCUT2D eigenvalue weighted by molar-refractivity contribution is 0.0370. The third-order valence-corrected chi connectivity index (χ3v) is 5.29. The summed E-state index contributed by atoms with van der Waals surface area (Å²) in [5.74, 6) is 0.952. The Morgan fingerprint density at radius 1 is 1.05 bits per heavy atom. The first-order chi connectivity index (χ1) is 9.24. The van der Waals surface area contributed by atoms with E-state index in [1.807, 2.05) is 0 Å². The van der Waals surface area contributed by atoms with Crippen LogP contribution in [0.3, 0.4) is 0 Å². The van der Waals surface area contributed by atoms with Crippen molar-refractivity contribution in [3.8, 4) is 0 Å². The van der Waals surface area contributed by atoms with Gasteiger partial charge in [-0.2, -0.15) is 12.6 Å². The Morgan fingerprint density at radius 2 is 1.68 bits per heavy atom. The van der Waals surface area contributed by atoms with Crippen LogP contribution < -0.4 is 0 Å². The highest BCUT2D eigenvalue weighted by atomic mass is 79.9. The summed E-state index contributed by atoms with van der Waals surface area (Å²) in [6.07, 6.45) is 7.97. The van der Waals surface area contributed by atoms with Crippen molar-refractivity contribution < 1.29 is 4.74 Å². The average Bonchev–Trinajstić information content (AvgIpc) is 2.67. The van der Waals surface area contributed by atoms with Crippen LogP contribution in [0.15, 0.2) is 28.7 Å². The van der Waals surface area contributed by atoms with Crippen LogP contribution in [-0.4, -0.2) is 12.4 Å². The zero-order chi connectivity index (χ0) is 13.6. The molecule has 3 heteroatoms. The maximum Gasteiger partial charge on any atom is 0.0717 e. The lowest BCUT2D eigenvalue weighted by Crippen LogP contribution is -2.28. The molecule has 2 rings (SSSR count). The summed E-state index contributed by atoms with van der Waals surface area (Å²) in [6.45, 7) is 1.56. The van der Waals surface area contributed by atoms with Crippen LogP contribution in [0.2, 0.25) is 0 Å². The minimum Gasteiger partial charge on any atom is -0.376 e. The molecule has 1 aromatic rings. The van der Waals surface area contributed by atoms with E-state index in [4.69, 9.17) is 4.74 Å². The predicted octanol–water partition coefficient (Wildman–Crippen LogP) is 5.24. The van der Waals surface area contributed by atoms with Crippen LogP contribution in [0.5, 0.6) is 0 Å². The Morgan fingerprint density at radius 3 is 2.26 bits per heavy atom. The van der Waals surface area contributed by atoms with E-state index in [0.717, 1.165) is 16.8 Å². The molecule has 1 nitrogen and oxygen atoms in total. The Hall–Kier alpha value is 0.01000. The fourth-order valence-corrected chi connectivity index (χ4v) is 3.46. The SMILES string of the molecule is SCC1(COCc2ccc(Br)cc2)CCCCCC1. The van der Waals surface area contributed by atoms with E-state index < -0.39 is 0 Å². The molecule has 0 unspecified atom stereocenters. The van der Waals surface area contributed by atoms with Gasteiger partial charge in [0.05, 0.1) is 13.2 Å².